The van der Waals surface area contributed by atoms with Crippen LogP contribution in [0.15, 0.2) is 65.7 Å². The van der Waals surface area contributed by atoms with E-state index in [0.717, 1.165) is 11.1 Å². The van der Waals surface area contributed by atoms with Crippen LogP contribution in [0.1, 0.15) is 11.5 Å². The molecule has 0 radical (unpaired) electrons. The molecule has 28 heavy (non-hydrogen) atoms. The molecule has 144 valence electrons. The summed E-state index contributed by atoms with van der Waals surface area (Å²) < 4.78 is 10.6. The molecule has 2 amide bonds. The monoisotopic (exact) mass is 378 g/mol. The quantitative estimate of drug-likeness (QED) is 0.621. The Kier molecular flexibility index (Phi) is 6.06. The third-order valence-corrected chi connectivity index (χ3v) is 4.09. The second-order valence-electron chi connectivity index (χ2n) is 6.18. The molecule has 0 saturated carbocycles. The fourth-order valence-electron chi connectivity index (χ4n) is 2.62. The fourth-order valence-corrected chi connectivity index (χ4v) is 2.62. The minimum atomic E-state index is -0.320. The topological polar surface area (TPSA) is 80.5 Å². The number of nitrogens with zero attached hydrogens (tertiary/aromatic N) is 3. The molecule has 0 fully saturated rings. The van der Waals surface area contributed by atoms with E-state index in [1.165, 1.54) is 4.90 Å². The number of amides is 2. The van der Waals surface area contributed by atoms with Gasteiger partial charge in [0.2, 0.25) is 11.7 Å². The summed E-state index contributed by atoms with van der Waals surface area (Å²) in [6, 6.07) is 14.7. The van der Waals surface area contributed by atoms with E-state index >= 15 is 0 Å². The predicted octanol–water partition coefficient (Wildman–Crippen LogP) is 4.27. The molecule has 1 heterocycles. The van der Waals surface area contributed by atoms with Gasteiger partial charge in [-0.2, -0.15) is 4.98 Å². The number of hydrogen-bond acceptors (Lipinski definition) is 5. The van der Waals surface area contributed by atoms with Crippen molar-refractivity contribution in [1.82, 2.24) is 15.0 Å². The van der Waals surface area contributed by atoms with Crippen molar-refractivity contribution in [2.45, 2.75) is 13.5 Å². The number of carbonyl (C=O) groups is 1. The van der Waals surface area contributed by atoms with E-state index in [0.29, 0.717) is 29.7 Å². The molecule has 3 rings (SSSR count). The number of para-hydroxylation sites is 2. The van der Waals surface area contributed by atoms with Gasteiger partial charge in [0.15, 0.2) is 0 Å². The summed E-state index contributed by atoms with van der Waals surface area (Å²) in [4.78, 5) is 18.6. The van der Waals surface area contributed by atoms with E-state index in [1.807, 2.05) is 43.3 Å². The largest absolute Gasteiger partial charge is 0.495 e. The van der Waals surface area contributed by atoms with E-state index in [9.17, 15) is 4.79 Å². The first-order chi connectivity index (χ1) is 13.6. The predicted molar refractivity (Wildman–Crippen MR) is 107 cm³/mol. The van der Waals surface area contributed by atoms with Crippen molar-refractivity contribution in [2.75, 3.05) is 19.0 Å². The number of nitrogens with one attached hydrogen (secondary N) is 1. The van der Waals surface area contributed by atoms with E-state index in [-0.39, 0.29) is 12.6 Å². The molecular weight excluding hydrogens is 356 g/mol. The van der Waals surface area contributed by atoms with E-state index in [1.54, 1.807) is 25.3 Å². The van der Waals surface area contributed by atoms with Crippen molar-refractivity contribution in [2.24, 2.45) is 0 Å². The summed E-state index contributed by atoms with van der Waals surface area (Å²) in [6.45, 7) is 6.21. The Morgan fingerprint density at radius 2 is 2.00 bits per heavy atom. The van der Waals surface area contributed by atoms with Gasteiger partial charge in [-0.15, -0.1) is 6.58 Å². The normalized spacial score (nSPS) is 10.4. The molecule has 1 aromatic heterocycles. The first-order valence-corrected chi connectivity index (χ1v) is 8.80. The minimum Gasteiger partial charge on any atom is -0.495 e. The molecular formula is C21H22N4O3. The van der Waals surface area contributed by atoms with E-state index < -0.39 is 0 Å². The van der Waals surface area contributed by atoms with Crippen LogP contribution < -0.4 is 10.1 Å². The van der Waals surface area contributed by atoms with Crippen molar-refractivity contribution in [3.05, 3.63) is 72.6 Å². The molecule has 3 aromatic rings. The molecule has 0 spiro atoms. The van der Waals surface area contributed by atoms with Gasteiger partial charge in [-0.3, -0.25) is 0 Å². The third-order valence-electron chi connectivity index (χ3n) is 4.09. The van der Waals surface area contributed by atoms with Gasteiger partial charge in [0.05, 0.1) is 12.8 Å². The number of carbonyl (C=O) groups excluding carboxylic acids is 1. The first kappa shape index (κ1) is 19.2. The summed E-state index contributed by atoms with van der Waals surface area (Å²) in [5.74, 6) is 1.40. The molecule has 2 aromatic carbocycles. The highest BCUT2D eigenvalue weighted by Gasteiger charge is 2.18. The zero-order valence-corrected chi connectivity index (χ0v) is 15.9. The number of urea groups is 1. The Hall–Kier alpha value is -3.61. The van der Waals surface area contributed by atoms with Crippen LogP contribution >= 0.6 is 0 Å². The van der Waals surface area contributed by atoms with Crippen LogP contribution in [0.4, 0.5) is 10.5 Å². The van der Waals surface area contributed by atoms with Gasteiger partial charge in [-0.1, -0.05) is 53.2 Å². The number of methoxy groups -OCH3 is 1. The van der Waals surface area contributed by atoms with Crippen LogP contribution in [0.2, 0.25) is 0 Å². The second-order valence-corrected chi connectivity index (χ2v) is 6.18. The van der Waals surface area contributed by atoms with Gasteiger partial charge in [-0.25, -0.2) is 4.79 Å². The average Bonchev–Trinajstić information content (AvgIpc) is 3.17. The zero-order chi connectivity index (χ0) is 19.9. The SMILES string of the molecule is C=CCN(Cc1nc(-c2ccc(C)cc2)no1)C(=O)Nc1ccccc1OC. The highest BCUT2D eigenvalue weighted by atomic mass is 16.5. The van der Waals surface area contributed by atoms with Crippen molar-refractivity contribution in [1.29, 1.82) is 0 Å². The Morgan fingerprint density at radius 3 is 2.71 bits per heavy atom. The van der Waals surface area contributed by atoms with Gasteiger partial charge in [0.1, 0.15) is 12.3 Å². The lowest BCUT2D eigenvalue weighted by Crippen LogP contribution is -2.34. The maximum Gasteiger partial charge on any atom is 0.322 e. The molecule has 0 aliphatic heterocycles. The molecule has 7 nitrogen and oxygen atoms in total. The molecule has 0 atom stereocenters. The standard InChI is InChI=1S/C21H22N4O3/c1-4-13-25(21(26)22-17-7-5-6-8-18(17)27-3)14-19-23-20(24-28-19)16-11-9-15(2)10-12-16/h4-12H,1,13-14H2,2-3H3,(H,22,26). The number of hydrogen-bond donors (Lipinski definition) is 1. The Bertz CT molecular complexity index is 950. The van der Waals surface area contributed by atoms with Crippen molar-refractivity contribution >= 4 is 11.7 Å². The van der Waals surface area contributed by atoms with Crippen molar-refractivity contribution < 1.29 is 14.1 Å². The van der Waals surface area contributed by atoms with E-state index in [2.05, 4.69) is 22.0 Å². The van der Waals surface area contributed by atoms with Gasteiger partial charge < -0.3 is 19.5 Å². The first-order valence-electron chi connectivity index (χ1n) is 8.80. The molecule has 7 heteroatoms. The van der Waals surface area contributed by atoms with Gasteiger partial charge in [0.25, 0.3) is 0 Å². The molecule has 1 N–H and O–H groups in total. The Morgan fingerprint density at radius 1 is 1.25 bits per heavy atom. The highest BCUT2D eigenvalue weighted by Crippen LogP contribution is 2.23. The Labute approximate surface area is 163 Å². The number of anilines is 1. The van der Waals surface area contributed by atoms with Crippen LogP contribution in [-0.2, 0) is 6.54 Å². The lowest BCUT2D eigenvalue weighted by atomic mass is 10.1. The van der Waals surface area contributed by atoms with Crippen molar-refractivity contribution in [3.8, 4) is 17.1 Å². The third kappa shape index (κ3) is 4.56. The maximum atomic E-state index is 12.7. The number of rotatable bonds is 7. The lowest BCUT2D eigenvalue weighted by Gasteiger charge is -2.20. The van der Waals surface area contributed by atoms with Gasteiger partial charge in [-0.05, 0) is 19.1 Å². The van der Waals surface area contributed by atoms with Crippen LogP contribution in [0.25, 0.3) is 11.4 Å². The molecule has 0 saturated heterocycles. The highest BCUT2D eigenvalue weighted by molar-refractivity contribution is 5.91. The Balaban J connectivity index is 1.73. The van der Waals surface area contributed by atoms with Gasteiger partial charge in [0, 0.05) is 12.1 Å². The van der Waals surface area contributed by atoms with Crippen LogP contribution in [-0.4, -0.2) is 34.7 Å². The van der Waals surface area contributed by atoms with Crippen LogP contribution in [0.3, 0.4) is 0 Å². The lowest BCUT2D eigenvalue weighted by molar-refractivity contribution is 0.206. The van der Waals surface area contributed by atoms with Crippen molar-refractivity contribution in [3.63, 3.8) is 0 Å². The summed E-state index contributed by atoms with van der Waals surface area (Å²) in [5, 5.41) is 6.85. The number of aromatic nitrogens is 2. The van der Waals surface area contributed by atoms with Gasteiger partial charge >= 0.3 is 6.03 Å². The summed E-state index contributed by atoms with van der Waals surface area (Å²) >= 11 is 0. The minimum absolute atomic E-state index is 0.159. The zero-order valence-electron chi connectivity index (χ0n) is 15.9. The summed E-state index contributed by atoms with van der Waals surface area (Å²) in [6.07, 6.45) is 1.64. The summed E-state index contributed by atoms with van der Waals surface area (Å²) in [5.41, 5.74) is 2.59. The molecule has 0 unspecified atom stereocenters. The van der Waals surface area contributed by atoms with Crippen LogP contribution in [0.5, 0.6) is 5.75 Å². The summed E-state index contributed by atoms with van der Waals surface area (Å²) in [7, 11) is 1.55. The molecule has 0 aliphatic rings. The molecule has 0 aliphatic carbocycles. The maximum absolute atomic E-state index is 12.7. The van der Waals surface area contributed by atoms with E-state index in [4.69, 9.17) is 9.26 Å². The second kappa shape index (κ2) is 8.85. The average molecular weight is 378 g/mol. The number of aryl methyl sites for hydroxylation is 1. The number of ether oxygens (including phenoxy) is 1. The smallest absolute Gasteiger partial charge is 0.322 e. The van der Waals surface area contributed by atoms with Crippen LogP contribution in [0, 0.1) is 6.92 Å². The fraction of sp³-hybridized carbons (Fsp3) is 0.190. The molecule has 0 bridgehead atoms. The number of benzene rings is 2.